The molecule has 1 aromatic carbocycles. The number of nitro groups is 1. The van der Waals surface area contributed by atoms with Gasteiger partial charge in [0.15, 0.2) is 14.3 Å². The number of carbonyl (C=O) groups is 3. The monoisotopic (exact) mass is 571 g/mol. The Kier molecular flexibility index (Phi) is 13.8. The average Bonchev–Trinajstić information content (AvgIpc) is 2.86. The Labute approximate surface area is 226 Å². The quantitative estimate of drug-likeness (QED) is 0.139. The number of nitro benzene ring substituents is 1. The summed E-state index contributed by atoms with van der Waals surface area (Å²) in [5.41, 5.74) is 0.695. The molecule has 1 fully saturated rings. The van der Waals surface area contributed by atoms with Gasteiger partial charge in [0.25, 0.3) is 5.69 Å². The Morgan fingerprint density at radius 2 is 1.56 bits per heavy atom. The number of aliphatic carboxylic acids is 3. The summed E-state index contributed by atoms with van der Waals surface area (Å²) >= 11 is 0. The molecule has 216 valence electrons. The number of hydrogen-bond acceptors (Lipinski definition) is 11. The van der Waals surface area contributed by atoms with Crippen molar-refractivity contribution in [2.75, 3.05) is 72.1 Å². The Hall–Kier alpha value is -3.07. The van der Waals surface area contributed by atoms with Crippen molar-refractivity contribution >= 4 is 32.1 Å². The Morgan fingerprint density at radius 3 is 2.15 bits per heavy atom. The molecule has 1 aliphatic heterocycles. The minimum Gasteiger partial charge on any atom is -0.480 e. The lowest BCUT2D eigenvalue weighted by atomic mass is 10.1. The number of nitrogens with one attached hydrogen (secondary N) is 1. The number of carboxylic acid groups (broad SMARTS) is 3. The van der Waals surface area contributed by atoms with E-state index in [0.29, 0.717) is 26.1 Å². The Balaban J connectivity index is 2.23. The summed E-state index contributed by atoms with van der Waals surface area (Å²) in [6, 6.07) is 5.13. The van der Waals surface area contributed by atoms with Crippen molar-refractivity contribution in [2.45, 2.75) is 18.3 Å². The number of hydrogen-bond donors (Lipinski definition) is 4. The molecule has 2 atom stereocenters. The van der Waals surface area contributed by atoms with Crippen molar-refractivity contribution in [3.05, 3.63) is 39.9 Å². The van der Waals surface area contributed by atoms with E-state index in [1.54, 1.807) is 26.8 Å². The fourth-order valence-corrected chi connectivity index (χ4v) is 4.82. The first-order valence-corrected chi connectivity index (χ1v) is 13.2. The number of non-ortho nitro benzene ring substituents is 1. The highest BCUT2D eigenvalue weighted by Crippen LogP contribution is 2.21. The molecule has 0 spiro atoms. The highest BCUT2D eigenvalue weighted by Gasteiger charge is 2.33. The lowest BCUT2D eigenvalue weighted by Gasteiger charge is -2.37. The van der Waals surface area contributed by atoms with Crippen LogP contribution in [0.15, 0.2) is 24.3 Å². The fraction of sp³-hybridized carbons (Fsp3) is 0.609. The molecule has 0 aromatic heterocycles. The van der Waals surface area contributed by atoms with Gasteiger partial charge in [-0.2, -0.15) is 0 Å². The summed E-state index contributed by atoms with van der Waals surface area (Å²) in [5, 5.41) is 42.3. The third-order valence-electron chi connectivity index (χ3n) is 6.14. The largest absolute Gasteiger partial charge is 0.480 e. The molecule has 16 heteroatoms. The van der Waals surface area contributed by atoms with Crippen molar-refractivity contribution in [1.29, 1.82) is 0 Å². The van der Waals surface area contributed by atoms with E-state index in [2.05, 4.69) is 5.32 Å². The SMILES string of the molecule is O=PC(OCCc1ccc([N+](=O)[O-])cc1)C1CN(CC(=O)O)CCN(CC(=O)O)CCNCCN1CC(=O)O. The molecule has 4 N–H and O–H groups in total. The van der Waals surface area contributed by atoms with Crippen LogP contribution in [0.1, 0.15) is 5.56 Å². The fourth-order valence-electron chi connectivity index (χ4n) is 4.24. The topological polar surface area (TPSA) is 203 Å². The first kappa shape index (κ1) is 32.1. The van der Waals surface area contributed by atoms with Gasteiger partial charge in [-0.25, -0.2) is 0 Å². The van der Waals surface area contributed by atoms with Crippen molar-refractivity contribution < 1.29 is 43.9 Å². The van der Waals surface area contributed by atoms with Crippen LogP contribution in [-0.2, 0) is 30.1 Å². The van der Waals surface area contributed by atoms with E-state index in [4.69, 9.17) is 4.74 Å². The summed E-state index contributed by atoms with van der Waals surface area (Å²) in [5.74, 6) is -4.25. The van der Waals surface area contributed by atoms with E-state index in [1.807, 2.05) is 0 Å². The van der Waals surface area contributed by atoms with Gasteiger partial charge in [0.2, 0.25) is 0 Å². The zero-order chi connectivity index (χ0) is 28.8. The van der Waals surface area contributed by atoms with Crippen LogP contribution in [0.2, 0.25) is 0 Å². The van der Waals surface area contributed by atoms with Crippen LogP contribution >= 0.6 is 8.46 Å². The molecule has 15 nitrogen and oxygen atoms in total. The van der Waals surface area contributed by atoms with E-state index in [-0.39, 0.29) is 51.6 Å². The second kappa shape index (κ2) is 16.8. The molecule has 0 amide bonds. The molecule has 1 aromatic rings. The summed E-state index contributed by atoms with van der Waals surface area (Å²) in [4.78, 5) is 49.7. The summed E-state index contributed by atoms with van der Waals surface area (Å²) in [7, 11) is -0.426. The number of ether oxygens (including phenoxy) is 1. The Morgan fingerprint density at radius 1 is 0.974 bits per heavy atom. The van der Waals surface area contributed by atoms with Crippen LogP contribution in [0.3, 0.4) is 0 Å². The van der Waals surface area contributed by atoms with Crippen LogP contribution in [0.25, 0.3) is 0 Å². The van der Waals surface area contributed by atoms with E-state index in [9.17, 15) is 44.4 Å². The zero-order valence-corrected chi connectivity index (χ0v) is 22.3. The summed E-state index contributed by atoms with van der Waals surface area (Å²) in [6.07, 6.45) is 0.347. The van der Waals surface area contributed by atoms with Gasteiger partial charge >= 0.3 is 17.9 Å². The highest BCUT2D eigenvalue weighted by molar-refractivity contribution is 7.24. The molecule has 0 aliphatic carbocycles. The molecular formula is C23H34N5O10P. The molecule has 1 aliphatic rings. The van der Waals surface area contributed by atoms with E-state index >= 15 is 0 Å². The van der Waals surface area contributed by atoms with Gasteiger partial charge in [-0.1, -0.05) is 12.1 Å². The number of benzene rings is 1. The Bertz CT molecular complexity index is 983. The van der Waals surface area contributed by atoms with Gasteiger partial charge in [0.05, 0.1) is 37.2 Å². The van der Waals surface area contributed by atoms with Gasteiger partial charge in [-0.15, -0.1) is 0 Å². The minimum atomic E-state index is -1.12. The molecule has 1 saturated heterocycles. The van der Waals surface area contributed by atoms with Gasteiger partial charge in [0.1, 0.15) is 0 Å². The van der Waals surface area contributed by atoms with Crippen LogP contribution in [-0.4, -0.2) is 137 Å². The number of carboxylic acids is 3. The zero-order valence-electron chi connectivity index (χ0n) is 21.4. The van der Waals surface area contributed by atoms with Crippen molar-refractivity contribution in [3.8, 4) is 0 Å². The normalized spacial score (nSPS) is 19.5. The lowest BCUT2D eigenvalue weighted by Crippen LogP contribution is -2.55. The predicted molar refractivity (Wildman–Crippen MR) is 138 cm³/mol. The van der Waals surface area contributed by atoms with Crippen molar-refractivity contribution in [2.24, 2.45) is 0 Å². The van der Waals surface area contributed by atoms with Gasteiger partial charge in [-0.05, 0) is 12.0 Å². The second-order valence-corrected chi connectivity index (χ2v) is 9.74. The lowest BCUT2D eigenvalue weighted by molar-refractivity contribution is -0.384. The highest BCUT2D eigenvalue weighted by atomic mass is 31.1. The molecule has 2 rings (SSSR count). The molecule has 0 radical (unpaired) electrons. The molecular weight excluding hydrogens is 537 g/mol. The average molecular weight is 572 g/mol. The maximum absolute atomic E-state index is 12.3. The van der Waals surface area contributed by atoms with Gasteiger partial charge in [0, 0.05) is 57.9 Å². The molecule has 39 heavy (non-hydrogen) atoms. The van der Waals surface area contributed by atoms with Crippen molar-refractivity contribution in [3.63, 3.8) is 0 Å². The standard InChI is InChI=1S/C23H34N5O10P/c29-20(30)14-25-8-6-24-7-9-27(16-22(33)34)19(13-26(11-10-25)15-21(31)32)23(39-37)38-12-5-17-1-3-18(4-2-17)28(35)36/h1-4,19,23-24H,5-16H2,(H,29,30)(H,31,32)(H,33,34). The predicted octanol–water partition coefficient (Wildman–Crippen LogP) is -0.0967. The number of nitrogens with zero attached hydrogens (tertiary/aromatic N) is 4. The smallest absolute Gasteiger partial charge is 0.317 e. The first-order chi connectivity index (χ1) is 18.6. The van der Waals surface area contributed by atoms with Gasteiger partial charge < -0.3 is 25.4 Å². The van der Waals surface area contributed by atoms with Crippen molar-refractivity contribution in [1.82, 2.24) is 20.0 Å². The maximum Gasteiger partial charge on any atom is 0.317 e. The maximum atomic E-state index is 12.3. The molecule has 2 unspecified atom stereocenters. The number of rotatable bonds is 13. The molecule has 0 bridgehead atoms. The summed E-state index contributed by atoms with van der Waals surface area (Å²) in [6.45, 7) is 0.967. The minimum absolute atomic E-state index is 0.0118. The molecule has 1 heterocycles. The van der Waals surface area contributed by atoms with Crippen LogP contribution in [0, 0.1) is 10.1 Å². The van der Waals surface area contributed by atoms with E-state index in [0.717, 1.165) is 5.56 Å². The summed E-state index contributed by atoms with van der Waals surface area (Å²) < 4.78 is 18.2. The van der Waals surface area contributed by atoms with Crippen LogP contribution in [0.4, 0.5) is 5.69 Å². The third kappa shape index (κ3) is 12.1. The molecule has 0 saturated carbocycles. The van der Waals surface area contributed by atoms with E-state index < -0.39 is 49.7 Å². The van der Waals surface area contributed by atoms with Crippen LogP contribution in [0.5, 0.6) is 0 Å². The van der Waals surface area contributed by atoms with Gasteiger partial charge in [-0.3, -0.25) is 43.8 Å². The second-order valence-electron chi connectivity index (χ2n) is 9.02. The third-order valence-corrected chi connectivity index (χ3v) is 6.84. The first-order valence-electron chi connectivity index (χ1n) is 12.3. The van der Waals surface area contributed by atoms with Crippen LogP contribution < -0.4 is 5.32 Å². The van der Waals surface area contributed by atoms with E-state index in [1.165, 1.54) is 12.1 Å².